The van der Waals surface area contributed by atoms with E-state index in [4.69, 9.17) is 10.5 Å². The van der Waals surface area contributed by atoms with Crippen LogP contribution in [0.1, 0.15) is 46.0 Å². The van der Waals surface area contributed by atoms with E-state index in [1.165, 1.54) is 12.8 Å². The van der Waals surface area contributed by atoms with Gasteiger partial charge < -0.3 is 10.5 Å². The maximum atomic E-state index is 6.21. The first-order valence-corrected chi connectivity index (χ1v) is 5.85. The Hall–Kier alpha value is -0.520. The lowest BCUT2D eigenvalue weighted by Crippen LogP contribution is -2.52. The van der Waals surface area contributed by atoms with E-state index in [1.54, 1.807) is 7.11 Å². The first-order valence-electron chi connectivity index (χ1n) is 5.85. The molecule has 2 nitrogen and oxygen atoms in total. The molecular formula is C13H23NO. The molecule has 1 saturated carbocycles. The number of ether oxygens (including phenoxy) is 1. The van der Waals surface area contributed by atoms with Crippen LogP contribution in [0.25, 0.3) is 0 Å². The van der Waals surface area contributed by atoms with E-state index in [0.717, 1.165) is 25.2 Å². The molecule has 3 atom stereocenters. The van der Waals surface area contributed by atoms with E-state index >= 15 is 0 Å². The number of methoxy groups -OCH3 is 1. The van der Waals surface area contributed by atoms with E-state index in [1.807, 2.05) is 6.92 Å². The van der Waals surface area contributed by atoms with E-state index < -0.39 is 0 Å². The molecule has 0 aliphatic heterocycles. The van der Waals surface area contributed by atoms with Gasteiger partial charge in [0.1, 0.15) is 0 Å². The zero-order valence-electron chi connectivity index (χ0n) is 10.2. The molecule has 0 aromatic carbocycles. The van der Waals surface area contributed by atoms with Crippen molar-refractivity contribution in [1.29, 1.82) is 0 Å². The highest BCUT2D eigenvalue weighted by molar-refractivity contribution is 5.04. The van der Waals surface area contributed by atoms with Gasteiger partial charge in [0.05, 0.1) is 5.60 Å². The summed E-state index contributed by atoms with van der Waals surface area (Å²) in [6, 6.07) is 0.0534. The second-order valence-electron chi connectivity index (χ2n) is 4.71. The highest BCUT2D eigenvalue weighted by Crippen LogP contribution is 2.37. The fourth-order valence-corrected chi connectivity index (χ4v) is 2.62. The highest BCUT2D eigenvalue weighted by Gasteiger charge is 2.39. The van der Waals surface area contributed by atoms with Gasteiger partial charge in [0.25, 0.3) is 0 Å². The van der Waals surface area contributed by atoms with Crippen LogP contribution in [0.5, 0.6) is 0 Å². The van der Waals surface area contributed by atoms with Gasteiger partial charge in [-0.2, -0.15) is 0 Å². The molecule has 0 radical (unpaired) electrons. The highest BCUT2D eigenvalue weighted by atomic mass is 16.5. The summed E-state index contributed by atoms with van der Waals surface area (Å²) in [6.07, 6.45) is 5.44. The summed E-state index contributed by atoms with van der Waals surface area (Å²) < 4.78 is 5.72. The third-order valence-electron chi connectivity index (χ3n) is 3.57. The lowest BCUT2D eigenvalue weighted by atomic mass is 9.74. The topological polar surface area (TPSA) is 35.2 Å². The van der Waals surface area contributed by atoms with Gasteiger partial charge in [-0.1, -0.05) is 19.8 Å². The van der Waals surface area contributed by atoms with Crippen LogP contribution in [0.4, 0.5) is 0 Å². The molecule has 2 N–H and O–H groups in total. The molecule has 0 aromatic rings. The van der Waals surface area contributed by atoms with Crippen molar-refractivity contribution in [2.45, 2.75) is 57.6 Å². The van der Waals surface area contributed by atoms with Gasteiger partial charge in [-0.15, -0.1) is 11.8 Å². The maximum absolute atomic E-state index is 6.21. The zero-order valence-corrected chi connectivity index (χ0v) is 10.2. The van der Waals surface area contributed by atoms with Gasteiger partial charge in [0, 0.05) is 19.6 Å². The molecule has 0 saturated heterocycles. The maximum Gasteiger partial charge on any atom is 0.0840 e. The van der Waals surface area contributed by atoms with Crippen LogP contribution in [-0.4, -0.2) is 18.8 Å². The first-order chi connectivity index (χ1) is 7.14. The fourth-order valence-electron chi connectivity index (χ4n) is 2.62. The van der Waals surface area contributed by atoms with Crippen molar-refractivity contribution in [2.75, 3.05) is 7.11 Å². The number of nitrogens with two attached hydrogens (primary N) is 1. The van der Waals surface area contributed by atoms with Crippen molar-refractivity contribution < 1.29 is 4.74 Å². The molecule has 0 amide bonds. The summed E-state index contributed by atoms with van der Waals surface area (Å²) in [6.45, 7) is 4.14. The summed E-state index contributed by atoms with van der Waals surface area (Å²) >= 11 is 0. The minimum Gasteiger partial charge on any atom is -0.377 e. The smallest absolute Gasteiger partial charge is 0.0840 e. The molecule has 3 unspecified atom stereocenters. The molecule has 0 heterocycles. The minimum atomic E-state index is -0.123. The fraction of sp³-hybridized carbons (Fsp3) is 0.846. The van der Waals surface area contributed by atoms with Crippen LogP contribution >= 0.6 is 0 Å². The predicted molar refractivity (Wildman–Crippen MR) is 63.4 cm³/mol. The summed E-state index contributed by atoms with van der Waals surface area (Å²) in [4.78, 5) is 0. The van der Waals surface area contributed by atoms with Gasteiger partial charge in [-0.3, -0.25) is 0 Å². The Balaban J connectivity index is 2.67. The Kier molecular flexibility index (Phi) is 4.63. The van der Waals surface area contributed by atoms with Crippen molar-refractivity contribution >= 4 is 0 Å². The molecule has 1 aliphatic rings. The quantitative estimate of drug-likeness (QED) is 0.724. The van der Waals surface area contributed by atoms with Gasteiger partial charge in [0.2, 0.25) is 0 Å². The Morgan fingerprint density at radius 2 is 2.33 bits per heavy atom. The number of hydrogen-bond acceptors (Lipinski definition) is 2. The summed E-state index contributed by atoms with van der Waals surface area (Å²) in [5.41, 5.74) is 6.09. The van der Waals surface area contributed by atoms with Crippen LogP contribution in [0.2, 0.25) is 0 Å². The van der Waals surface area contributed by atoms with Gasteiger partial charge in [-0.05, 0) is 25.7 Å². The van der Waals surface area contributed by atoms with Gasteiger partial charge in [0.15, 0.2) is 0 Å². The SMILES string of the molecule is CC#CCC(N)C1(OC)CCCC(C)C1. The lowest BCUT2D eigenvalue weighted by Gasteiger charge is -2.42. The lowest BCUT2D eigenvalue weighted by molar-refractivity contribution is -0.0695. The minimum absolute atomic E-state index is 0.0534. The standard InChI is InChI=1S/C13H23NO/c1-4-5-8-12(14)13(15-3)9-6-7-11(2)10-13/h11-12H,6-10,14H2,1-3H3. The average Bonchev–Trinajstić information content (AvgIpc) is 2.25. The normalized spacial score (nSPS) is 32.9. The third kappa shape index (κ3) is 2.96. The van der Waals surface area contributed by atoms with Crippen LogP contribution in [0, 0.1) is 17.8 Å². The van der Waals surface area contributed by atoms with Crippen molar-refractivity contribution in [3.63, 3.8) is 0 Å². The van der Waals surface area contributed by atoms with Crippen LogP contribution < -0.4 is 5.73 Å². The molecular weight excluding hydrogens is 186 g/mol. The van der Waals surface area contributed by atoms with Crippen molar-refractivity contribution in [1.82, 2.24) is 0 Å². The van der Waals surface area contributed by atoms with E-state index in [0.29, 0.717) is 0 Å². The van der Waals surface area contributed by atoms with Gasteiger partial charge in [-0.25, -0.2) is 0 Å². The predicted octanol–water partition coefficient (Wildman–Crippen LogP) is 2.32. The molecule has 1 rings (SSSR count). The van der Waals surface area contributed by atoms with Gasteiger partial charge >= 0.3 is 0 Å². The molecule has 0 bridgehead atoms. The zero-order chi connectivity index (χ0) is 11.3. The average molecular weight is 209 g/mol. The monoisotopic (exact) mass is 209 g/mol. The van der Waals surface area contributed by atoms with Crippen LogP contribution in [0.3, 0.4) is 0 Å². The summed E-state index contributed by atoms with van der Waals surface area (Å²) in [5, 5.41) is 0. The number of rotatable bonds is 3. The van der Waals surface area contributed by atoms with Crippen molar-refractivity contribution in [3.05, 3.63) is 0 Å². The largest absolute Gasteiger partial charge is 0.377 e. The summed E-state index contributed by atoms with van der Waals surface area (Å²) in [7, 11) is 1.79. The molecule has 86 valence electrons. The Bertz CT molecular complexity index is 253. The third-order valence-corrected chi connectivity index (χ3v) is 3.57. The number of hydrogen-bond donors (Lipinski definition) is 1. The molecule has 1 fully saturated rings. The van der Waals surface area contributed by atoms with Crippen LogP contribution in [0.15, 0.2) is 0 Å². The molecule has 2 heteroatoms. The Morgan fingerprint density at radius 3 is 2.87 bits per heavy atom. The molecule has 15 heavy (non-hydrogen) atoms. The van der Waals surface area contributed by atoms with E-state index in [9.17, 15) is 0 Å². The van der Waals surface area contributed by atoms with Crippen molar-refractivity contribution in [3.8, 4) is 11.8 Å². The van der Waals surface area contributed by atoms with Crippen molar-refractivity contribution in [2.24, 2.45) is 11.7 Å². The van der Waals surface area contributed by atoms with Crippen LogP contribution in [-0.2, 0) is 4.74 Å². The molecule has 0 spiro atoms. The first kappa shape index (κ1) is 12.5. The summed E-state index contributed by atoms with van der Waals surface area (Å²) in [5.74, 6) is 6.69. The Morgan fingerprint density at radius 1 is 1.60 bits per heavy atom. The molecule has 1 aliphatic carbocycles. The molecule has 0 aromatic heterocycles. The Labute approximate surface area is 93.6 Å². The van der Waals surface area contributed by atoms with E-state index in [2.05, 4.69) is 18.8 Å². The second-order valence-corrected chi connectivity index (χ2v) is 4.71. The second kappa shape index (κ2) is 5.53. The van der Waals surface area contributed by atoms with E-state index in [-0.39, 0.29) is 11.6 Å².